The summed E-state index contributed by atoms with van der Waals surface area (Å²) >= 11 is 0. The number of esters is 1. The number of allylic oxidation sites excluding steroid dienone is 6. The van der Waals surface area contributed by atoms with Crippen LogP contribution in [0.3, 0.4) is 0 Å². The molecule has 0 radical (unpaired) electrons. The van der Waals surface area contributed by atoms with Crippen LogP contribution in [0.5, 0.6) is 0 Å². The first kappa shape index (κ1) is 29.8. The number of hydrogen-bond acceptors (Lipinski definition) is 6. The molecule has 0 amide bonds. The molecule has 180 valence electrons. The summed E-state index contributed by atoms with van der Waals surface area (Å²) in [4.78, 5) is 20.9. The van der Waals surface area contributed by atoms with E-state index in [-0.39, 0.29) is 32.3 Å². The fourth-order valence-corrected chi connectivity index (χ4v) is 3.29. The minimum atomic E-state index is -4.05. The van der Waals surface area contributed by atoms with Gasteiger partial charge in [0.25, 0.3) is 0 Å². The molecular weight excluding hydrogens is 417 g/mol. The van der Waals surface area contributed by atoms with Crippen molar-refractivity contribution in [3.05, 3.63) is 36.5 Å². The van der Waals surface area contributed by atoms with Gasteiger partial charge in [-0.25, -0.2) is 4.57 Å². The SMILES string of the molecule is CCCCC/C=C\C/C=C\C/C=C\CCCCC(=O)OCCCOP(=O)(O)OCCN. The molecule has 0 saturated heterocycles. The third kappa shape index (κ3) is 23.3. The summed E-state index contributed by atoms with van der Waals surface area (Å²) in [5.74, 6) is -0.263. The maximum Gasteiger partial charge on any atom is 0.472 e. The Morgan fingerprint density at radius 2 is 1.42 bits per heavy atom. The minimum Gasteiger partial charge on any atom is -0.466 e. The van der Waals surface area contributed by atoms with Gasteiger partial charge in [-0.15, -0.1) is 0 Å². The number of carbonyl (C=O) groups is 1. The number of phosphoric acid groups is 1. The summed E-state index contributed by atoms with van der Waals surface area (Å²) in [5.41, 5.74) is 5.18. The van der Waals surface area contributed by atoms with E-state index in [2.05, 4.69) is 47.9 Å². The molecule has 31 heavy (non-hydrogen) atoms. The van der Waals surface area contributed by atoms with E-state index in [4.69, 9.17) is 15.0 Å². The number of unbranched alkanes of at least 4 members (excludes halogenated alkanes) is 5. The molecule has 3 N–H and O–H groups in total. The topological polar surface area (TPSA) is 108 Å². The fraction of sp³-hybridized carbons (Fsp3) is 0.696. The van der Waals surface area contributed by atoms with Gasteiger partial charge in [0.1, 0.15) is 0 Å². The molecule has 0 fully saturated rings. The molecule has 0 rings (SSSR count). The zero-order valence-corrected chi connectivity index (χ0v) is 20.0. The van der Waals surface area contributed by atoms with Gasteiger partial charge in [-0.05, 0) is 44.9 Å². The molecule has 0 aliphatic carbocycles. The highest BCUT2D eigenvalue weighted by molar-refractivity contribution is 7.47. The van der Waals surface area contributed by atoms with Gasteiger partial charge >= 0.3 is 13.8 Å². The lowest BCUT2D eigenvalue weighted by atomic mass is 10.1. The minimum absolute atomic E-state index is 0.0277. The maximum absolute atomic E-state index is 11.6. The first-order chi connectivity index (χ1) is 15.0. The summed E-state index contributed by atoms with van der Waals surface area (Å²) in [5, 5.41) is 0. The van der Waals surface area contributed by atoms with Crippen molar-refractivity contribution in [2.75, 3.05) is 26.4 Å². The van der Waals surface area contributed by atoms with E-state index in [1.54, 1.807) is 0 Å². The number of hydrogen-bond donors (Lipinski definition) is 2. The van der Waals surface area contributed by atoms with E-state index in [1.165, 1.54) is 25.7 Å². The Kier molecular flexibility index (Phi) is 21.1. The average Bonchev–Trinajstić information content (AvgIpc) is 2.74. The van der Waals surface area contributed by atoms with Gasteiger partial charge in [-0.2, -0.15) is 0 Å². The van der Waals surface area contributed by atoms with Gasteiger partial charge in [-0.3, -0.25) is 13.8 Å². The van der Waals surface area contributed by atoms with Crippen LogP contribution < -0.4 is 5.73 Å². The van der Waals surface area contributed by atoms with Gasteiger partial charge in [0.15, 0.2) is 0 Å². The first-order valence-electron chi connectivity index (χ1n) is 11.4. The molecule has 0 saturated carbocycles. The molecule has 0 aliphatic rings. The van der Waals surface area contributed by atoms with E-state index >= 15 is 0 Å². The van der Waals surface area contributed by atoms with Crippen molar-refractivity contribution in [3.63, 3.8) is 0 Å². The smallest absolute Gasteiger partial charge is 0.466 e. The van der Waals surface area contributed by atoms with E-state index in [0.29, 0.717) is 12.8 Å². The number of nitrogens with two attached hydrogens (primary N) is 1. The molecule has 0 aliphatic heterocycles. The van der Waals surface area contributed by atoms with Crippen molar-refractivity contribution in [2.24, 2.45) is 5.73 Å². The predicted octanol–water partition coefficient (Wildman–Crippen LogP) is 5.60. The summed E-state index contributed by atoms with van der Waals surface area (Å²) < 4.78 is 25.8. The third-order valence-electron chi connectivity index (χ3n) is 4.20. The highest BCUT2D eigenvalue weighted by atomic mass is 31.2. The summed E-state index contributed by atoms with van der Waals surface area (Å²) in [6, 6.07) is 0. The Morgan fingerprint density at radius 3 is 2.03 bits per heavy atom. The van der Waals surface area contributed by atoms with Crippen LogP contribution >= 0.6 is 7.82 Å². The fourth-order valence-electron chi connectivity index (χ4n) is 2.52. The van der Waals surface area contributed by atoms with Crippen LogP contribution in [0.2, 0.25) is 0 Å². The van der Waals surface area contributed by atoms with Crippen LogP contribution in [0, 0.1) is 0 Å². The maximum atomic E-state index is 11.6. The van der Waals surface area contributed by atoms with E-state index in [0.717, 1.165) is 32.1 Å². The van der Waals surface area contributed by atoms with Crippen LogP contribution in [-0.4, -0.2) is 37.2 Å². The Morgan fingerprint density at radius 1 is 0.839 bits per heavy atom. The number of phosphoric ester groups is 1. The molecule has 0 heterocycles. The van der Waals surface area contributed by atoms with Crippen molar-refractivity contribution in [1.82, 2.24) is 0 Å². The van der Waals surface area contributed by atoms with Crippen LogP contribution in [0.15, 0.2) is 36.5 Å². The van der Waals surface area contributed by atoms with Crippen molar-refractivity contribution in [3.8, 4) is 0 Å². The molecule has 7 nitrogen and oxygen atoms in total. The molecule has 0 aromatic heterocycles. The lowest BCUT2D eigenvalue weighted by Crippen LogP contribution is -2.10. The molecular formula is C23H42NO6P. The van der Waals surface area contributed by atoms with Gasteiger partial charge in [0.2, 0.25) is 0 Å². The van der Waals surface area contributed by atoms with Crippen LogP contribution in [-0.2, 0) is 23.1 Å². The molecule has 1 unspecified atom stereocenters. The van der Waals surface area contributed by atoms with Gasteiger partial charge in [0.05, 0.1) is 19.8 Å². The summed E-state index contributed by atoms with van der Waals surface area (Å²) in [7, 11) is -4.05. The highest BCUT2D eigenvalue weighted by Crippen LogP contribution is 2.42. The molecule has 0 aromatic rings. The summed E-state index contributed by atoms with van der Waals surface area (Å²) in [6.45, 7) is 2.43. The lowest BCUT2D eigenvalue weighted by molar-refractivity contribution is -0.144. The average molecular weight is 460 g/mol. The molecule has 0 aromatic carbocycles. The normalized spacial score (nSPS) is 14.0. The second-order valence-corrected chi connectivity index (χ2v) is 8.58. The Labute approximate surface area is 188 Å². The zero-order chi connectivity index (χ0) is 23.0. The van der Waals surface area contributed by atoms with Crippen molar-refractivity contribution in [2.45, 2.75) is 77.6 Å². The van der Waals surface area contributed by atoms with Crippen LogP contribution in [0.1, 0.15) is 77.6 Å². The summed E-state index contributed by atoms with van der Waals surface area (Å²) in [6.07, 6.45) is 23.5. The van der Waals surface area contributed by atoms with E-state index in [1.807, 2.05) is 0 Å². The molecule has 8 heteroatoms. The quantitative estimate of drug-likeness (QED) is 0.0995. The van der Waals surface area contributed by atoms with Gasteiger partial charge < -0.3 is 15.4 Å². The molecule has 1 atom stereocenters. The Balaban J connectivity index is 3.51. The largest absolute Gasteiger partial charge is 0.472 e. The number of rotatable bonds is 21. The van der Waals surface area contributed by atoms with E-state index in [9.17, 15) is 14.3 Å². The third-order valence-corrected chi connectivity index (χ3v) is 5.22. The van der Waals surface area contributed by atoms with Crippen molar-refractivity contribution < 1.29 is 28.0 Å². The Hall–Kier alpha value is -1.24. The first-order valence-corrected chi connectivity index (χ1v) is 12.9. The Bertz CT molecular complexity index is 562. The van der Waals surface area contributed by atoms with Gasteiger partial charge in [-0.1, -0.05) is 56.2 Å². The number of carbonyl (C=O) groups excluding carboxylic acids is 1. The second-order valence-electron chi connectivity index (χ2n) is 7.12. The van der Waals surface area contributed by atoms with E-state index < -0.39 is 7.82 Å². The van der Waals surface area contributed by atoms with Crippen LogP contribution in [0.4, 0.5) is 0 Å². The zero-order valence-electron chi connectivity index (χ0n) is 19.1. The predicted molar refractivity (Wildman–Crippen MR) is 126 cm³/mol. The molecule has 0 bridgehead atoms. The van der Waals surface area contributed by atoms with Crippen LogP contribution in [0.25, 0.3) is 0 Å². The van der Waals surface area contributed by atoms with Crippen molar-refractivity contribution >= 4 is 13.8 Å². The standard InChI is InChI=1S/C23H42NO6P/c1-2-3-4-5-6-7-8-9-10-11-12-13-14-15-16-18-23(25)28-20-17-21-29-31(26,27)30-22-19-24/h6-7,9-10,12-13H,2-5,8,11,14-22,24H2,1H3,(H,26,27)/b7-6-,10-9-,13-12-. The van der Waals surface area contributed by atoms with Crippen molar-refractivity contribution in [1.29, 1.82) is 0 Å². The lowest BCUT2D eigenvalue weighted by Gasteiger charge is -2.11. The second kappa shape index (κ2) is 22.0. The number of ether oxygens (including phenoxy) is 1. The highest BCUT2D eigenvalue weighted by Gasteiger charge is 2.19. The molecule has 0 spiro atoms. The monoisotopic (exact) mass is 459 g/mol. The van der Waals surface area contributed by atoms with Gasteiger partial charge in [0, 0.05) is 19.4 Å².